The summed E-state index contributed by atoms with van der Waals surface area (Å²) < 4.78 is 0. The van der Waals surface area contributed by atoms with Gasteiger partial charge in [-0.1, -0.05) is 56.3 Å². The number of rotatable bonds is 7. The Morgan fingerprint density at radius 3 is 2.33 bits per heavy atom. The van der Waals surface area contributed by atoms with Gasteiger partial charge >= 0.3 is 0 Å². The van der Waals surface area contributed by atoms with Crippen LogP contribution in [0.3, 0.4) is 0 Å². The Labute approximate surface area is 161 Å². The predicted octanol–water partition coefficient (Wildman–Crippen LogP) is 3.37. The summed E-state index contributed by atoms with van der Waals surface area (Å²) in [5.74, 6) is -1.06. The van der Waals surface area contributed by atoms with Crippen LogP contribution in [0.2, 0.25) is 0 Å². The maximum Gasteiger partial charge on any atom is 0.287 e. The molecule has 1 amide bonds. The molecular weight excluding hydrogens is 338 g/mol. The van der Waals surface area contributed by atoms with E-state index in [0.717, 1.165) is 11.4 Å². The number of Topliss-reactive ketones (excluding diaryl/α,β-unsaturated/α-hetero) is 1. The summed E-state index contributed by atoms with van der Waals surface area (Å²) in [5.41, 5.74) is 3.49. The molecule has 5 nitrogen and oxygen atoms in total. The van der Waals surface area contributed by atoms with Crippen molar-refractivity contribution in [2.75, 3.05) is 29.9 Å². The van der Waals surface area contributed by atoms with Crippen LogP contribution >= 0.6 is 0 Å². The smallest absolute Gasteiger partial charge is 0.287 e. The zero-order valence-corrected chi connectivity index (χ0v) is 16.2. The Hall–Kier alpha value is -2.82. The Balaban J connectivity index is 1.75. The van der Waals surface area contributed by atoms with Crippen LogP contribution in [0.15, 0.2) is 54.6 Å². The molecule has 0 saturated heterocycles. The van der Waals surface area contributed by atoms with Crippen LogP contribution in [0, 0.1) is 5.92 Å². The van der Waals surface area contributed by atoms with E-state index >= 15 is 0 Å². The quantitative estimate of drug-likeness (QED) is 0.765. The molecule has 0 aromatic heterocycles. The predicted molar refractivity (Wildman–Crippen MR) is 109 cm³/mol. The molecule has 5 heteroatoms. The zero-order chi connectivity index (χ0) is 19.4. The summed E-state index contributed by atoms with van der Waals surface area (Å²) in [6.45, 7) is 4.75. The van der Waals surface area contributed by atoms with Crippen molar-refractivity contribution in [3.8, 4) is 0 Å². The van der Waals surface area contributed by atoms with E-state index in [-0.39, 0.29) is 17.9 Å². The second kappa shape index (κ2) is 8.25. The number of carbonyl (C=O) groups is 2. The summed E-state index contributed by atoms with van der Waals surface area (Å²) >= 11 is 0. The van der Waals surface area contributed by atoms with Crippen LogP contribution in [-0.4, -0.2) is 31.8 Å². The van der Waals surface area contributed by atoms with E-state index in [2.05, 4.69) is 46.4 Å². The molecule has 1 aliphatic heterocycles. The first kappa shape index (κ1) is 19.0. The molecule has 2 aromatic rings. The van der Waals surface area contributed by atoms with Crippen molar-refractivity contribution >= 4 is 23.1 Å². The molecule has 0 bridgehead atoms. The summed E-state index contributed by atoms with van der Waals surface area (Å²) in [6, 6.07) is 18.6. The minimum atomic E-state index is -0.485. The van der Waals surface area contributed by atoms with Gasteiger partial charge in [-0.2, -0.15) is 0 Å². The van der Waals surface area contributed by atoms with Gasteiger partial charge in [0, 0.05) is 26.1 Å². The first-order valence-corrected chi connectivity index (χ1v) is 9.50. The average molecular weight is 365 g/mol. The lowest BCUT2D eigenvalue weighted by atomic mass is 10.0. The standard InChI is InChI=1S/C22H27N3O2/c1-4-16(2)20(26)21(27)23-14-15-25-19-13-9-8-12-18(19)24(3)22(25)17-10-6-5-7-11-17/h5-13,16,22H,4,14-15H2,1-3H3,(H,23,27)/t16-,22?/m0/s1. The topological polar surface area (TPSA) is 52.7 Å². The van der Waals surface area contributed by atoms with Crippen LogP contribution in [-0.2, 0) is 9.59 Å². The van der Waals surface area contributed by atoms with Crippen molar-refractivity contribution in [1.82, 2.24) is 5.32 Å². The van der Waals surface area contributed by atoms with Crippen LogP contribution in [0.4, 0.5) is 11.4 Å². The minimum absolute atomic E-state index is 0.0609. The fraction of sp³-hybridized carbons (Fsp3) is 0.364. The lowest BCUT2D eigenvalue weighted by molar-refractivity contribution is -0.139. The molecule has 3 rings (SSSR count). The summed E-state index contributed by atoms with van der Waals surface area (Å²) in [5, 5.41) is 2.79. The highest BCUT2D eigenvalue weighted by Gasteiger charge is 2.34. The maximum absolute atomic E-state index is 12.1. The van der Waals surface area contributed by atoms with Crippen LogP contribution in [0.1, 0.15) is 32.0 Å². The Morgan fingerprint density at radius 1 is 1.04 bits per heavy atom. The fourth-order valence-corrected chi connectivity index (χ4v) is 3.54. The molecule has 0 spiro atoms. The largest absolute Gasteiger partial charge is 0.349 e. The number of benzene rings is 2. The first-order valence-electron chi connectivity index (χ1n) is 9.50. The van der Waals surface area contributed by atoms with Gasteiger partial charge in [-0.25, -0.2) is 0 Å². The molecule has 2 aromatic carbocycles. The van der Waals surface area contributed by atoms with Gasteiger partial charge < -0.3 is 15.1 Å². The number of nitrogens with one attached hydrogen (secondary N) is 1. The van der Waals surface area contributed by atoms with Crippen molar-refractivity contribution in [2.45, 2.75) is 26.4 Å². The van der Waals surface area contributed by atoms with Crippen molar-refractivity contribution in [1.29, 1.82) is 0 Å². The molecule has 1 heterocycles. The van der Waals surface area contributed by atoms with Crippen molar-refractivity contribution in [2.24, 2.45) is 5.92 Å². The van der Waals surface area contributed by atoms with Crippen molar-refractivity contribution in [3.05, 3.63) is 60.2 Å². The zero-order valence-electron chi connectivity index (χ0n) is 16.2. The molecule has 1 unspecified atom stereocenters. The lowest BCUT2D eigenvalue weighted by Crippen LogP contribution is -2.41. The number of hydrogen-bond donors (Lipinski definition) is 1. The third-order valence-electron chi connectivity index (χ3n) is 5.25. The van der Waals surface area contributed by atoms with Gasteiger partial charge in [0.25, 0.3) is 5.91 Å². The van der Waals surface area contributed by atoms with Crippen LogP contribution in [0.5, 0.6) is 0 Å². The second-order valence-corrected chi connectivity index (χ2v) is 7.01. The maximum atomic E-state index is 12.1. The van der Waals surface area contributed by atoms with E-state index in [1.807, 2.05) is 37.3 Å². The number of amides is 1. The van der Waals surface area contributed by atoms with Gasteiger partial charge in [-0.15, -0.1) is 0 Å². The number of fused-ring (bicyclic) bond motifs is 1. The van der Waals surface area contributed by atoms with Crippen molar-refractivity contribution < 1.29 is 9.59 Å². The molecule has 0 radical (unpaired) electrons. The first-order chi connectivity index (χ1) is 13.0. The number of ketones is 1. The molecule has 1 N–H and O–H groups in total. The third kappa shape index (κ3) is 3.82. The van der Waals surface area contributed by atoms with E-state index in [1.165, 1.54) is 5.56 Å². The van der Waals surface area contributed by atoms with E-state index in [0.29, 0.717) is 19.5 Å². The number of carbonyl (C=O) groups excluding carboxylic acids is 2. The fourth-order valence-electron chi connectivity index (χ4n) is 3.54. The molecule has 142 valence electrons. The number of anilines is 2. The SMILES string of the molecule is CC[C@H](C)C(=O)C(=O)NCCN1c2ccccc2N(C)C1c1ccccc1. The van der Waals surface area contributed by atoms with Gasteiger partial charge in [0.2, 0.25) is 5.78 Å². The number of nitrogens with zero attached hydrogens (tertiary/aromatic N) is 2. The lowest BCUT2D eigenvalue weighted by Gasteiger charge is -2.31. The van der Waals surface area contributed by atoms with E-state index in [9.17, 15) is 9.59 Å². The summed E-state index contributed by atoms with van der Waals surface area (Å²) in [7, 11) is 2.08. The van der Waals surface area contributed by atoms with Crippen molar-refractivity contribution in [3.63, 3.8) is 0 Å². The minimum Gasteiger partial charge on any atom is -0.349 e. The van der Waals surface area contributed by atoms with Gasteiger partial charge in [0.15, 0.2) is 0 Å². The molecule has 0 aliphatic carbocycles. The highest BCUT2D eigenvalue weighted by atomic mass is 16.2. The van der Waals surface area contributed by atoms with E-state index < -0.39 is 5.91 Å². The Bertz CT molecular complexity index is 806. The normalized spacial score (nSPS) is 16.8. The second-order valence-electron chi connectivity index (χ2n) is 7.01. The Kier molecular flexibility index (Phi) is 5.79. The van der Waals surface area contributed by atoms with Gasteiger partial charge in [-0.05, 0) is 24.1 Å². The van der Waals surface area contributed by atoms with Crippen LogP contribution in [0.25, 0.3) is 0 Å². The van der Waals surface area contributed by atoms with E-state index in [1.54, 1.807) is 6.92 Å². The Morgan fingerprint density at radius 2 is 1.67 bits per heavy atom. The molecule has 0 fully saturated rings. The van der Waals surface area contributed by atoms with Gasteiger partial charge in [0.1, 0.15) is 6.17 Å². The highest BCUT2D eigenvalue weighted by molar-refractivity contribution is 6.36. The number of para-hydroxylation sites is 2. The number of hydrogen-bond acceptors (Lipinski definition) is 4. The van der Waals surface area contributed by atoms with Crippen LogP contribution < -0.4 is 15.1 Å². The summed E-state index contributed by atoms with van der Waals surface area (Å²) in [6.07, 6.45) is 0.734. The molecular formula is C22H27N3O2. The van der Waals surface area contributed by atoms with E-state index in [4.69, 9.17) is 0 Å². The molecule has 27 heavy (non-hydrogen) atoms. The van der Waals surface area contributed by atoms with Gasteiger partial charge in [-0.3, -0.25) is 9.59 Å². The third-order valence-corrected chi connectivity index (χ3v) is 5.25. The molecule has 1 aliphatic rings. The monoisotopic (exact) mass is 365 g/mol. The average Bonchev–Trinajstić information content (AvgIpc) is 2.99. The summed E-state index contributed by atoms with van der Waals surface area (Å²) in [4.78, 5) is 28.6. The highest BCUT2D eigenvalue weighted by Crippen LogP contribution is 2.44. The van der Waals surface area contributed by atoms with Gasteiger partial charge in [0.05, 0.1) is 11.4 Å². The molecule has 0 saturated carbocycles. The molecule has 2 atom stereocenters.